The second-order valence-corrected chi connectivity index (χ2v) is 3.80. The van der Waals surface area contributed by atoms with E-state index in [9.17, 15) is 0 Å². The number of nitrogens with zero attached hydrogens (tertiary/aromatic N) is 2. The average molecular weight is 213 g/mol. The molecule has 2 aromatic rings. The van der Waals surface area contributed by atoms with E-state index in [4.69, 9.17) is 0 Å². The number of aryl methyl sites for hydroxylation is 1. The van der Waals surface area contributed by atoms with Crippen molar-refractivity contribution in [3.63, 3.8) is 0 Å². The number of nitrogens with one attached hydrogen (secondary N) is 1. The Morgan fingerprint density at radius 1 is 1.12 bits per heavy atom. The molecule has 3 heteroatoms. The lowest BCUT2D eigenvalue weighted by Gasteiger charge is -2.13. The lowest BCUT2D eigenvalue weighted by atomic mass is 10.1. The predicted octanol–water partition coefficient (Wildman–Crippen LogP) is 2.96. The molecule has 0 radical (unpaired) electrons. The Morgan fingerprint density at radius 2 is 1.88 bits per heavy atom. The van der Waals surface area contributed by atoms with Gasteiger partial charge in [-0.25, -0.2) is 9.97 Å². The monoisotopic (exact) mass is 213 g/mol. The molecule has 0 amide bonds. The molecule has 0 fully saturated rings. The van der Waals surface area contributed by atoms with Crippen molar-refractivity contribution in [2.75, 3.05) is 5.32 Å². The topological polar surface area (TPSA) is 37.8 Å². The first kappa shape index (κ1) is 10.6. The van der Waals surface area contributed by atoms with Crippen molar-refractivity contribution in [3.8, 4) is 0 Å². The van der Waals surface area contributed by atoms with E-state index in [-0.39, 0.29) is 6.04 Å². The molecule has 0 saturated heterocycles. The lowest BCUT2D eigenvalue weighted by Crippen LogP contribution is -2.09. The minimum Gasteiger partial charge on any atom is -0.348 e. The molecular weight excluding hydrogens is 198 g/mol. The highest BCUT2D eigenvalue weighted by Gasteiger charge is 2.05. The highest BCUT2D eigenvalue weighted by molar-refractivity contribution is 5.31. The number of benzene rings is 1. The van der Waals surface area contributed by atoms with Gasteiger partial charge in [0.15, 0.2) is 0 Å². The van der Waals surface area contributed by atoms with E-state index in [0.29, 0.717) is 5.95 Å². The molecule has 16 heavy (non-hydrogen) atoms. The maximum atomic E-state index is 4.32. The second-order valence-electron chi connectivity index (χ2n) is 3.80. The van der Waals surface area contributed by atoms with Gasteiger partial charge in [-0.3, -0.25) is 0 Å². The normalized spacial score (nSPS) is 12.1. The third kappa shape index (κ3) is 2.57. The largest absolute Gasteiger partial charge is 0.348 e. The van der Waals surface area contributed by atoms with Gasteiger partial charge in [-0.05, 0) is 25.5 Å². The first-order valence-electron chi connectivity index (χ1n) is 5.37. The zero-order valence-electron chi connectivity index (χ0n) is 9.51. The van der Waals surface area contributed by atoms with E-state index < -0.39 is 0 Å². The molecule has 1 aromatic carbocycles. The summed E-state index contributed by atoms with van der Waals surface area (Å²) >= 11 is 0. The van der Waals surface area contributed by atoms with Gasteiger partial charge in [0.05, 0.1) is 6.04 Å². The molecular formula is C13H15N3. The maximum Gasteiger partial charge on any atom is 0.223 e. The summed E-state index contributed by atoms with van der Waals surface area (Å²) in [7, 11) is 0. The molecule has 82 valence electrons. The van der Waals surface area contributed by atoms with Crippen LogP contribution in [0.1, 0.15) is 24.2 Å². The minimum atomic E-state index is 0.211. The Hall–Kier alpha value is -1.90. The predicted molar refractivity (Wildman–Crippen MR) is 65.2 cm³/mol. The van der Waals surface area contributed by atoms with Crippen LogP contribution in [0.5, 0.6) is 0 Å². The number of anilines is 1. The van der Waals surface area contributed by atoms with Gasteiger partial charge in [0.1, 0.15) is 0 Å². The smallest absolute Gasteiger partial charge is 0.223 e. The molecule has 0 aliphatic heterocycles. The molecule has 0 saturated carbocycles. The first-order chi connectivity index (χ1) is 7.75. The van der Waals surface area contributed by atoms with E-state index in [1.807, 2.05) is 31.2 Å². The van der Waals surface area contributed by atoms with Crippen LogP contribution in [0.3, 0.4) is 0 Å². The zero-order chi connectivity index (χ0) is 11.4. The van der Waals surface area contributed by atoms with Crippen molar-refractivity contribution in [2.24, 2.45) is 0 Å². The van der Waals surface area contributed by atoms with E-state index in [0.717, 1.165) is 5.69 Å². The minimum absolute atomic E-state index is 0.211. The molecule has 1 atom stereocenters. The highest BCUT2D eigenvalue weighted by Crippen LogP contribution is 2.15. The molecule has 1 aromatic heterocycles. The second kappa shape index (κ2) is 4.75. The molecule has 0 spiro atoms. The molecule has 1 heterocycles. The van der Waals surface area contributed by atoms with Gasteiger partial charge in [0.25, 0.3) is 0 Å². The standard InChI is InChI=1S/C13H15N3/c1-10-8-9-14-13(15-10)16-11(2)12-6-4-3-5-7-12/h3-9,11H,1-2H3,(H,14,15,16)/t11-/m0/s1. The Bertz CT molecular complexity index is 454. The van der Waals surface area contributed by atoms with Crippen molar-refractivity contribution in [1.29, 1.82) is 0 Å². The summed E-state index contributed by atoms with van der Waals surface area (Å²) in [5.41, 5.74) is 2.20. The van der Waals surface area contributed by atoms with Gasteiger partial charge >= 0.3 is 0 Å². The number of aromatic nitrogens is 2. The number of hydrogen-bond donors (Lipinski definition) is 1. The van der Waals surface area contributed by atoms with Crippen LogP contribution < -0.4 is 5.32 Å². The summed E-state index contributed by atoms with van der Waals surface area (Å²) in [5, 5.41) is 3.28. The fourth-order valence-corrected chi connectivity index (χ4v) is 1.54. The summed E-state index contributed by atoms with van der Waals surface area (Å²) < 4.78 is 0. The van der Waals surface area contributed by atoms with E-state index in [2.05, 4.69) is 34.3 Å². The average Bonchev–Trinajstić information content (AvgIpc) is 2.30. The molecule has 3 nitrogen and oxygen atoms in total. The van der Waals surface area contributed by atoms with Gasteiger partial charge in [0, 0.05) is 11.9 Å². The Labute approximate surface area is 95.6 Å². The Morgan fingerprint density at radius 3 is 2.56 bits per heavy atom. The van der Waals surface area contributed by atoms with Crippen LogP contribution in [-0.2, 0) is 0 Å². The van der Waals surface area contributed by atoms with Gasteiger partial charge in [-0.2, -0.15) is 0 Å². The van der Waals surface area contributed by atoms with Crippen LogP contribution in [0.15, 0.2) is 42.6 Å². The highest BCUT2D eigenvalue weighted by atomic mass is 15.1. The van der Waals surface area contributed by atoms with Crippen molar-refractivity contribution >= 4 is 5.95 Å². The fourth-order valence-electron chi connectivity index (χ4n) is 1.54. The van der Waals surface area contributed by atoms with Crippen LogP contribution >= 0.6 is 0 Å². The van der Waals surface area contributed by atoms with Gasteiger partial charge in [-0.1, -0.05) is 30.3 Å². The van der Waals surface area contributed by atoms with E-state index >= 15 is 0 Å². The molecule has 0 bridgehead atoms. The van der Waals surface area contributed by atoms with Crippen molar-refractivity contribution in [1.82, 2.24) is 9.97 Å². The summed E-state index contributed by atoms with van der Waals surface area (Å²) in [6, 6.07) is 12.4. The van der Waals surface area contributed by atoms with Crippen LogP contribution in [0.25, 0.3) is 0 Å². The molecule has 2 rings (SSSR count). The van der Waals surface area contributed by atoms with Gasteiger partial charge < -0.3 is 5.32 Å². The summed E-state index contributed by atoms with van der Waals surface area (Å²) in [6.45, 7) is 4.06. The van der Waals surface area contributed by atoms with E-state index in [1.165, 1.54) is 5.56 Å². The summed E-state index contributed by atoms with van der Waals surface area (Å²) in [6.07, 6.45) is 1.77. The van der Waals surface area contributed by atoms with Gasteiger partial charge in [-0.15, -0.1) is 0 Å². The number of rotatable bonds is 3. The number of hydrogen-bond acceptors (Lipinski definition) is 3. The molecule has 1 N–H and O–H groups in total. The summed E-state index contributed by atoms with van der Waals surface area (Å²) in [5.74, 6) is 0.677. The maximum absolute atomic E-state index is 4.32. The van der Waals surface area contributed by atoms with E-state index in [1.54, 1.807) is 6.20 Å². The fraction of sp³-hybridized carbons (Fsp3) is 0.231. The Balaban J connectivity index is 2.11. The van der Waals surface area contributed by atoms with Gasteiger partial charge in [0.2, 0.25) is 5.95 Å². The molecule has 0 aliphatic carbocycles. The molecule has 0 unspecified atom stereocenters. The molecule has 0 aliphatic rings. The van der Waals surface area contributed by atoms with Crippen LogP contribution in [0.2, 0.25) is 0 Å². The summed E-state index contributed by atoms with van der Waals surface area (Å²) in [4.78, 5) is 8.50. The zero-order valence-corrected chi connectivity index (χ0v) is 9.51. The van der Waals surface area contributed by atoms with Crippen molar-refractivity contribution < 1.29 is 0 Å². The van der Waals surface area contributed by atoms with Crippen molar-refractivity contribution in [2.45, 2.75) is 19.9 Å². The van der Waals surface area contributed by atoms with Crippen molar-refractivity contribution in [3.05, 3.63) is 53.9 Å². The Kier molecular flexibility index (Phi) is 3.15. The van der Waals surface area contributed by atoms with Crippen LogP contribution in [-0.4, -0.2) is 9.97 Å². The first-order valence-corrected chi connectivity index (χ1v) is 5.37. The third-order valence-corrected chi connectivity index (χ3v) is 2.44. The lowest BCUT2D eigenvalue weighted by molar-refractivity contribution is 0.857. The third-order valence-electron chi connectivity index (χ3n) is 2.44. The van der Waals surface area contributed by atoms with Crippen LogP contribution in [0, 0.1) is 6.92 Å². The quantitative estimate of drug-likeness (QED) is 0.851. The SMILES string of the molecule is Cc1ccnc(N[C@@H](C)c2ccccc2)n1. The van der Waals surface area contributed by atoms with Crippen LogP contribution in [0.4, 0.5) is 5.95 Å².